The van der Waals surface area contributed by atoms with Gasteiger partial charge in [-0.05, 0) is 30.5 Å². The number of nitrogen functional groups attached to an aromatic ring is 1. The molecule has 18 heavy (non-hydrogen) atoms. The topological polar surface area (TPSA) is 83.6 Å². The molecule has 3 N–H and O–H groups in total. The smallest absolute Gasteiger partial charge is 0.326 e. The summed E-state index contributed by atoms with van der Waals surface area (Å²) < 4.78 is 0. The van der Waals surface area contributed by atoms with Crippen molar-refractivity contribution in [2.75, 3.05) is 12.3 Å². The van der Waals surface area contributed by atoms with Crippen LogP contribution in [0.3, 0.4) is 0 Å². The summed E-state index contributed by atoms with van der Waals surface area (Å²) in [6.45, 7) is 0.526. The van der Waals surface area contributed by atoms with Crippen molar-refractivity contribution in [3.8, 4) is 0 Å². The van der Waals surface area contributed by atoms with Crippen LogP contribution in [0.25, 0.3) is 0 Å². The Morgan fingerprint density at radius 3 is 2.89 bits per heavy atom. The maximum Gasteiger partial charge on any atom is 0.326 e. The van der Waals surface area contributed by atoms with Gasteiger partial charge >= 0.3 is 5.97 Å². The summed E-state index contributed by atoms with van der Waals surface area (Å²) in [5.41, 5.74) is 7.07. The third-order valence-corrected chi connectivity index (χ3v) is 3.16. The lowest BCUT2D eigenvalue weighted by molar-refractivity contribution is -0.148. The first-order valence-electron chi connectivity index (χ1n) is 5.94. The number of hydrogen-bond acceptors (Lipinski definition) is 3. The SMILES string of the molecule is Nc1cccc(CC(=O)N2CCCC2C(=O)O)c1. The molecule has 1 aromatic rings. The Bertz CT molecular complexity index is 473. The first kappa shape index (κ1) is 12.4. The third-order valence-electron chi connectivity index (χ3n) is 3.16. The van der Waals surface area contributed by atoms with Gasteiger partial charge in [0.15, 0.2) is 0 Å². The van der Waals surface area contributed by atoms with Gasteiger partial charge in [0.1, 0.15) is 6.04 Å². The van der Waals surface area contributed by atoms with Crippen LogP contribution < -0.4 is 5.73 Å². The Hall–Kier alpha value is -2.04. The molecule has 1 amide bonds. The zero-order valence-electron chi connectivity index (χ0n) is 10.0. The maximum absolute atomic E-state index is 12.1. The van der Waals surface area contributed by atoms with Crippen molar-refractivity contribution in [3.05, 3.63) is 29.8 Å². The number of anilines is 1. The second-order valence-electron chi connectivity index (χ2n) is 4.51. The van der Waals surface area contributed by atoms with Gasteiger partial charge in [0.2, 0.25) is 5.91 Å². The van der Waals surface area contributed by atoms with E-state index in [-0.39, 0.29) is 12.3 Å². The van der Waals surface area contributed by atoms with Crippen molar-refractivity contribution < 1.29 is 14.7 Å². The van der Waals surface area contributed by atoms with Crippen LogP contribution in [0.15, 0.2) is 24.3 Å². The summed E-state index contributed by atoms with van der Waals surface area (Å²) in [5.74, 6) is -1.07. The molecule has 0 aromatic heterocycles. The van der Waals surface area contributed by atoms with E-state index in [0.29, 0.717) is 18.7 Å². The van der Waals surface area contributed by atoms with Crippen LogP contribution in [-0.2, 0) is 16.0 Å². The van der Waals surface area contributed by atoms with Crippen molar-refractivity contribution in [3.63, 3.8) is 0 Å². The van der Waals surface area contributed by atoms with Crippen LogP contribution >= 0.6 is 0 Å². The predicted octanol–water partition coefficient (Wildman–Crippen LogP) is 0.887. The molecule has 5 nitrogen and oxygen atoms in total. The summed E-state index contributed by atoms with van der Waals surface area (Å²) in [6, 6.07) is 6.43. The van der Waals surface area contributed by atoms with Gasteiger partial charge in [-0.1, -0.05) is 12.1 Å². The summed E-state index contributed by atoms with van der Waals surface area (Å²) in [7, 11) is 0. The van der Waals surface area contributed by atoms with Gasteiger partial charge < -0.3 is 15.7 Å². The Labute approximate surface area is 105 Å². The molecule has 0 spiro atoms. The minimum atomic E-state index is -0.923. The second-order valence-corrected chi connectivity index (χ2v) is 4.51. The minimum absolute atomic E-state index is 0.148. The summed E-state index contributed by atoms with van der Waals surface area (Å²) in [5, 5.41) is 9.03. The number of nitrogens with zero attached hydrogens (tertiary/aromatic N) is 1. The number of hydrogen-bond donors (Lipinski definition) is 2. The van der Waals surface area contributed by atoms with Crippen LogP contribution in [0.2, 0.25) is 0 Å². The highest BCUT2D eigenvalue weighted by Crippen LogP contribution is 2.19. The fraction of sp³-hybridized carbons (Fsp3) is 0.385. The molecule has 1 atom stereocenters. The number of rotatable bonds is 3. The van der Waals surface area contributed by atoms with Gasteiger partial charge in [-0.15, -0.1) is 0 Å². The molecule has 1 fully saturated rings. The average Bonchev–Trinajstić information content (AvgIpc) is 2.77. The third kappa shape index (κ3) is 2.61. The predicted molar refractivity (Wildman–Crippen MR) is 66.9 cm³/mol. The molecule has 96 valence electrons. The molecular formula is C13H16N2O3. The van der Waals surface area contributed by atoms with Gasteiger partial charge in [0.25, 0.3) is 0 Å². The monoisotopic (exact) mass is 248 g/mol. The van der Waals surface area contributed by atoms with Crippen molar-refractivity contribution in [2.24, 2.45) is 0 Å². The fourth-order valence-electron chi connectivity index (χ4n) is 2.30. The van der Waals surface area contributed by atoms with Crippen molar-refractivity contribution in [1.82, 2.24) is 4.90 Å². The molecule has 1 aliphatic heterocycles. The number of carbonyl (C=O) groups is 2. The van der Waals surface area contributed by atoms with Crippen molar-refractivity contribution in [2.45, 2.75) is 25.3 Å². The normalized spacial score (nSPS) is 18.9. The number of carboxylic acids is 1. The molecular weight excluding hydrogens is 232 g/mol. The zero-order chi connectivity index (χ0) is 13.1. The molecule has 1 heterocycles. The van der Waals surface area contributed by atoms with E-state index in [0.717, 1.165) is 12.0 Å². The van der Waals surface area contributed by atoms with Gasteiger partial charge in [-0.25, -0.2) is 4.79 Å². The van der Waals surface area contributed by atoms with E-state index in [1.807, 2.05) is 6.07 Å². The molecule has 0 aliphatic carbocycles. The Balaban J connectivity index is 2.06. The number of carbonyl (C=O) groups excluding carboxylic acids is 1. The molecule has 5 heteroatoms. The van der Waals surface area contributed by atoms with Gasteiger partial charge in [-0.3, -0.25) is 4.79 Å². The molecule has 1 unspecified atom stereocenters. The Morgan fingerprint density at radius 1 is 1.44 bits per heavy atom. The van der Waals surface area contributed by atoms with E-state index in [9.17, 15) is 9.59 Å². The number of nitrogens with two attached hydrogens (primary N) is 1. The molecule has 1 aliphatic rings. The number of carboxylic acid groups (broad SMARTS) is 1. The fourth-order valence-corrected chi connectivity index (χ4v) is 2.30. The van der Waals surface area contributed by atoms with Crippen LogP contribution in [0, 0.1) is 0 Å². The van der Waals surface area contributed by atoms with Crippen LogP contribution in [0.5, 0.6) is 0 Å². The zero-order valence-corrected chi connectivity index (χ0v) is 10.0. The quantitative estimate of drug-likeness (QED) is 0.778. The first-order chi connectivity index (χ1) is 8.58. The molecule has 0 radical (unpaired) electrons. The van der Waals surface area contributed by atoms with Crippen LogP contribution in [0.4, 0.5) is 5.69 Å². The highest BCUT2D eigenvalue weighted by atomic mass is 16.4. The lowest BCUT2D eigenvalue weighted by Gasteiger charge is -2.21. The highest BCUT2D eigenvalue weighted by molar-refractivity contribution is 5.85. The molecule has 0 saturated carbocycles. The minimum Gasteiger partial charge on any atom is -0.480 e. The van der Waals surface area contributed by atoms with Crippen LogP contribution in [0.1, 0.15) is 18.4 Å². The van der Waals surface area contributed by atoms with E-state index in [1.165, 1.54) is 4.90 Å². The van der Waals surface area contributed by atoms with Gasteiger partial charge in [-0.2, -0.15) is 0 Å². The maximum atomic E-state index is 12.1. The highest BCUT2D eigenvalue weighted by Gasteiger charge is 2.33. The molecule has 0 bridgehead atoms. The number of aliphatic carboxylic acids is 1. The second kappa shape index (κ2) is 5.08. The van der Waals surface area contributed by atoms with Crippen molar-refractivity contribution in [1.29, 1.82) is 0 Å². The lowest BCUT2D eigenvalue weighted by Crippen LogP contribution is -2.41. The lowest BCUT2D eigenvalue weighted by atomic mass is 10.1. The number of likely N-dealkylation sites (tertiary alicyclic amines) is 1. The van der Waals surface area contributed by atoms with Gasteiger partial charge in [0, 0.05) is 12.2 Å². The largest absolute Gasteiger partial charge is 0.480 e. The Morgan fingerprint density at radius 2 is 2.22 bits per heavy atom. The molecule has 1 saturated heterocycles. The first-order valence-corrected chi connectivity index (χ1v) is 5.94. The number of benzene rings is 1. The van der Waals surface area contributed by atoms with Crippen molar-refractivity contribution >= 4 is 17.6 Å². The molecule has 1 aromatic carbocycles. The van der Waals surface area contributed by atoms with E-state index >= 15 is 0 Å². The average molecular weight is 248 g/mol. The summed E-state index contributed by atoms with van der Waals surface area (Å²) in [6.07, 6.45) is 1.49. The van der Waals surface area contributed by atoms with Crippen LogP contribution in [-0.4, -0.2) is 34.5 Å². The van der Waals surface area contributed by atoms with Gasteiger partial charge in [0.05, 0.1) is 6.42 Å². The Kier molecular flexibility index (Phi) is 3.50. The summed E-state index contributed by atoms with van der Waals surface area (Å²) >= 11 is 0. The van der Waals surface area contributed by atoms with E-state index in [1.54, 1.807) is 18.2 Å². The van der Waals surface area contributed by atoms with E-state index < -0.39 is 12.0 Å². The standard InChI is InChI=1S/C13H16N2O3/c14-10-4-1-3-9(7-10)8-12(16)15-6-2-5-11(15)13(17)18/h1,3-4,7,11H,2,5-6,8,14H2,(H,17,18). The van der Waals surface area contributed by atoms with E-state index in [4.69, 9.17) is 10.8 Å². The summed E-state index contributed by atoms with van der Waals surface area (Å²) in [4.78, 5) is 24.5. The number of amides is 1. The van der Waals surface area contributed by atoms with E-state index in [2.05, 4.69) is 0 Å². The molecule has 2 rings (SSSR count).